The predicted octanol–water partition coefficient (Wildman–Crippen LogP) is 0.124. The lowest BCUT2D eigenvalue weighted by Gasteiger charge is -1.97. The number of hydrogen-bond acceptors (Lipinski definition) is 3. The molecule has 0 radical (unpaired) electrons. The van der Waals surface area contributed by atoms with E-state index in [0.717, 1.165) is 0 Å². The van der Waals surface area contributed by atoms with Crippen LogP contribution in [0.2, 0.25) is 0 Å². The molecule has 0 amide bonds. The van der Waals surface area contributed by atoms with E-state index in [1.165, 1.54) is 6.92 Å². The zero-order chi connectivity index (χ0) is 7.72. The Kier molecular flexibility index (Phi) is 1.66. The summed E-state index contributed by atoms with van der Waals surface area (Å²) in [6.45, 7) is 1.35. The summed E-state index contributed by atoms with van der Waals surface area (Å²) in [5, 5.41) is 0. The van der Waals surface area contributed by atoms with E-state index in [9.17, 15) is 14.4 Å². The smallest absolute Gasteiger partial charge is 0.208 e. The third kappa shape index (κ3) is 0.988. The number of ketones is 3. The van der Waals surface area contributed by atoms with Gasteiger partial charge in [-0.2, -0.15) is 0 Å². The first-order valence-electron chi connectivity index (χ1n) is 3.20. The topological polar surface area (TPSA) is 51.2 Å². The highest BCUT2D eigenvalue weighted by Gasteiger charge is 2.35. The van der Waals surface area contributed by atoms with E-state index in [2.05, 4.69) is 0 Å². The van der Waals surface area contributed by atoms with Crippen LogP contribution in [0.1, 0.15) is 19.8 Å². The van der Waals surface area contributed by atoms with Gasteiger partial charge in [0, 0.05) is 6.42 Å². The first-order valence-corrected chi connectivity index (χ1v) is 3.20. The Morgan fingerprint density at radius 2 is 2.10 bits per heavy atom. The Hall–Kier alpha value is -0.990. The Morgan fingerprint density at radius 1 is 1.50 bits per heavy atom. The van der Waals surface area contributed by atoms with Crippen molar-refractivity contribution in [3.63, 3.8) is 0 Å². The molecule has 0 aromatic carbocycles. The molecular weight excluding hydrogens is 132 g/mol. The molecule has 0 aliphatic heterocycles. The van der Waals surface area contributed by atoms with Gasteiger partial charge in [0.25, 0.3) is 0 Å². The van der Waals surface area contributed by atoms with Gasteiger partial charge >= 0.3 is 0 Å². The predicted molar refractivity (Wildman–Crippen MR) is 33.4 cm³/mol. The number of hydrogen-bond donors (Lipinski definition) is 0. The van der Waals surface area contributed by atoms with Gasteiger partial charge in [-0.25, -0.2) is 0 Å². The molecule has 1 atom stereocenters. The van der Waals surface area contributed by atoms with Gasteiger partial charge in [0.1, 0.15) is 5.78 Å². The number of rotatable bonds is 1. The van der Waals surface area contributed by atoms with E-state index in [1.54, 1.807) is 0 Å². The fraction of sp³-hybridized carbons (Fsp3) is 0.571. The molecule has 1 fully saturated rings. The fourth-order valence-electron chi connectivity index (χ4n) is 1.11. The Balaban J connectivity index is 2.76. The lowest BCUT2D eigenvalue weighted by atomic mass is 10.0. The van der Waals surface area contributed by atoms with Gasteiger partial charge in [0.05, 0.1) is 5.92 Å². The van der Waals surface area contributed by atoms with Crippen molar-refractivity contribution in [1.29, 1.82) is 0 Å². The highest BCUT2D eigenvalue weighted by Crippen LogP contribution is 2.18. The zero-order valence-electron chi connectivity index (χ0n) is 5.72. The van der Waals surface area contributed by atoms with Crippen molar-refractivity contribution >= 4 is 17.3 Å². The minimum Gasteiger partial charge on any atom is -0.299 e. The van der Waals surface area contributed by atoms with Crippen molar-refractivity contribution in [1.82, 2.24) is 0 Å². The Labute approximate surface area is 58.4 Å². The van der Waals surface area contributed by atoms with Gasteiger partial charge in [-0.3, -0.25) is 14.4 Å². The summed E-state index contributed by atoms with van der Waals surface area (Å²) in [5.74, 6) is -1.68. The Bertz CT molecular complexity index is 205. The quantitative estimate of drug-likeness (QED) is 0.384. The van der Waals surface area contributed by atoms with Gasteiger partial charge in [-0.05, 0) is 13.3 Å². The molecule has 0 bridgehead atoms. The molecule has 1 rings (SSSR count). The molecule has 1 saturated carbocycles. The second kappa shape index (κ2) is 2.33. The van der Waals surface area contributed by atoms with Crippen LogP contribution in [0.4, 0.5) is 0 Å². The zero-order valence-corrected chi connectivity index (χ0v) is 5.72. The monoisotopic (exact) mass is 140 g/mol. The molecule has 10 heavy (non-hydrogen) atoms. The van der Waals surface area contributed by atoms with Crippen molar-refractivity contribution in [3.8, 4) is 0 Å². The average Bonchev–Trinajstić information content (AvgIpc) is 2.14. The summed E-state index contributed by atoms with van der Waals surface area (Å²) in [4.78, 5) is 32.0. The summed E-state index contributed by atoms with van der Waals surface area (Å²) in [6.07, 6.45) is 0.677. The molecule has 54 valence electrons. The van der Waals surface area contributed by atoms with Crippen molar-refractivity contribution in [2.24, 2.45) is 5.92 Å². The molecule has 1 unspecified atom stereocenters. The SMILES string of the molecule is CC(=O)C1CCC(=O)C1=O. The van der Waals surface area contributed by atoms with Crippen LogP contribution in [-0.2, 0) is 14.4 Å². The van der Waals surface area contributed by atoms with Crippen LogP contribution < -0.4 is 0 Å². The summed E-state index contributed by atoms with van der Waals surface area (Å²) in [5.41, 5.74) is 0. The van der Waals surface area contributed by atoms with Crippen molar-refractivity contribution < 1.29 is 14.4 Å². The number of carbonyl (C=O) groups excluding carboxylic acids is 3. The highest BCUT2D eigenvalue weighted by molar-refractivity contribution is 6.43. The van der Waals surface area contributed by atoms with E-state index in [0.29, 0.717) is 6.42 Å². The van der Waals surface area contributed by atoms with Crippen molar-refractivity contribution in [3.05, 3.63) is 0 Å². The first-order chi connectivity index (χ1) is 4.63. The van der Waals surface area contributed by atoms with Gasteiger partial charge in [-0.1, -0.05) is 0 Å². The second-order valence-electron chi connectivity index (χ2n) is 2.49. The number of Topliss-reactive ketones (excluding diaryl/α,β-unsaturated/α-hetero) is 3. The van der Waals surface area contributed by atoms with E-state index in [1.807, 2.05) is 0 Å². The van der Waals surface area contributed by atoms with Gasteiger partial charge in [-0.15, -0.1) is 0 Å². The lowest BCUT2D eigenvalue weighted by molar-refractivity contribution is -0.138. The molecule has 3 heteroatoms. The average molecular weight is 140 g/mol. The van der Waals surface area contributed by atoms with E-state index in [4.69, 9.17) is 0 Å². The third-order valence-electron chi connectivity index (χ3n) is 1.74. The molecule has 0 saturated heterocycles. The molecule has 0 heterocycles. The van der Waals surface area contributed by atoms with Crippen LogP contribution in [-0.4, -0.2) is 17.3 Å². The summed E-state index contributed by atoms with van der Waals surface area (Å²) >= 11 is 0. The van der Waals surface area contributed by atoms with Crippen LogP contribution >= 0.6 is 0 Å². The normalized spacial score (nSPS) is 25.5. The summed E-state index contributed by atoms with van der Waals surface area (Å²) in [6, 6.07) is 0. The minimum absolute atomic E-state index is 0.184. The van der Waals surface area contributed by atoms with Gasteiger partial charge in [0.2, 0.25) is 5.78 Å². The van der Waals surface area contributed by atoms with Crippen LogP contribution in [0, 0.1) is 5.92 Å². The summed E-state index contributed by atoms with van der Waals surface area (Å²) < 4.78 is 0. The maximum Gasteiger partial charge on any atom is 0.208 e. The highest BCUT2D eigenvalue weighted by atomic mass is 16.2. The first kappa shape index (κ1) is 7.12. The second-order valence-corrected chi connectivity index (χ2v) is 2.49. The summed E-state index contributed by atoms with van der Waals surface area (Å²) in [7, 11) is 0. The van der Waals surface area contributed by atoms with E-state index < -0.39 is 11.7 Å². The van der Waals surface area contributed by atoms with Gasteiger partial charge < -0.3 is 0 Å². The fourth-order valence-corrected chi connectivity index (χ4v) is 1.11. The van der Waals surface area contributed by atoms with Crippen molar-refractivity contribution in [2.45, 2.75) is 19.8 Å². The Morgan fingerprint density at radius 3 is 2.30 bits per heavy atom. The minimum atomic E-state index is -0.618. The molecule has 0 aromatic heterocycles. The molecule has 0 spiro atoms. The van der Waals surface area contributed by atoms with Crippen LogP contribution in [0.15, 0.2) is 0 Å². The molecule has 0 N–H and O–H groups in total. The van der Waals surface area contributed by atoms with Crippen LogP contribution in [0.3, 0.4) is 0 Å². The molecule has 1 aliphatic carbocycles. The third-order valence-corrected chi connectivity index (χ3v) is 1.74. The van der Waals surface area contributed by atoms with E-state index in [-0.39, 0.29) is 18.0 Å². The largest absolute Gasteiger partial charge is 0.299 e. The lowest BCUT2D eigenvalue weighted by Crippen LogP contribution is -2.19. The maximum atomic E-state index is 10.8. The standard InChI is InChI=1S/C7H8O3/c1-4(8)5-2-3-6(9)7(5)10/h5H,2-3H2,1H3. The molecular formula is C7H8O3. The van der Waals surface area contributed by atoms with Crippen LogP contribution in [0.25, 0.3) is 0 Å². The molecule has 0 aromatic rings. The molecule has 3 nitrogen and oxygen atoms in total. The van der Waals surface area contributed by atoms with E-state index >= 15 is 0 Å². The van der Waals surface area contributed by atoms with Gasteiger partial charge in [0.15, 0.2) is 5.78 Å². The number of carbonyl (C=O) groups is 3. The van der Waals surface area contributed by atoms with Crippen molar-refractivity contribution in [2.75, 3.05) is 0 Å². The maximum absolute atomic E-state index is 10.8. The molecule has 1 aliphatic rings. The van der Waals surface area contributed by atoms with Crippen LogP contribution in [0.5, 0.6) is 0 Å².